The maximum atomic E-state index is 12.6. The lowest BCUT2D eigenvalue weighted by atomic mass is 10.0. The molecule has 1 heterocycles. The number of amides is 1. The van der Waals surface area contributed by atoms with Gasteiger partial charge in [0, 0.05) is 31.9 Å². The molecular weight excluding hydrogens is 408 g/mol. The molecule has 3 rings (SSSR count). The van der Waals surface area contributed by atoms with E-state index in [2.05, 4.69) is 5.32 Å². The van der Waals surface area contributed by atoms with Crippen molar-refractivity contribution in [3.05, 3.63) is 47.5 Å². The molecule has 0 radical (unpaired) electrons. The van der Waals surface area contributed by atoms with Crippen molar-refractivity contribution >= 4 is 18.3 Å². The van der Waals surface area contributed by atoms with E-state index >= 15 is 0 Å². The predicted octanol–water partition coefficient (Wildman–Crippen LogP) is 3.53. The van der Waals surface area contributed by atoms with E-state index in [-0.39, 0.29) is 24.9 Å². The molecule has 0 bridgehead atoms. The molecule has 0 aliphatic carbocycles. The zero-order chi connectivity index (χ0) is 20.6. The fraction of sp³-hybridized carbons (Fsp3) is 0.409. The first-order valence-corrected chi connectivity index (χ1v) is 9.74. The molecule has 0 spiro atoms. The van der Waals surface area contributed by atoms with Gasteiger partial charge in [-0.05, 0) is 49.1 Å². The Morgan fingerprint density at radius 1 is 1.07 bits per heavy atom. The highest BCUT2D eigenvalue weighted by molar-refractivity contribution is 5.94. The molecule has 164 valence electrons. The SMILES string of the molecule is COc1ccc(C(=O)NCC2CCOCC2)cc1Oc1cccc(OC)c1CN.Cl. The maximum Gasteiger partial charge on any atom is 0.251 e. The van der Waals surface area contributed by atoms with E-state index < -0.39 is 0 Å². The van der Waals surface area contributed by atoms with Crippen molar-refractivity contribution in [2.75, 3.05) is 34.0 Å². The molecular formula is C22H29ClN2O5. The van der Waals surface area contributed by atoms with Crippen LogP contribution in [-0.2, 0) is 11.3 Å². The fourth-order valence-electron chi connectivity index (χ4n) is 3.34. The van der Waals surface area contributed by atoms with Crippen LogP contribution in [0.5, 0.6) is 23.0 Å². The first kappa shape index (κ1) is 23.8. The Kier molecular flexibility index (Phi) is 9.23. The second kappa shape index (κ2) is 11.6. The summed E-state index contributed by atoms with van der Waals surface area (Å²) in [7, 11) is 3.14. The number of carbonyl (C=O) groups is 1. The van der Waals surface area contributed by atoms with Gasteiger partial charge in [-0.15, -0.1) is 12.4 Å². The summed E-state index contributed by atoms with van der Waals surface area (Å²) >= 11 is 0. The number of carbonyl (C=O) groups excluding carboxylic acids is 1. The Balaban J connectivity index is 0.00000320. The maximum absolute atomic E-state index is 12.6. The number of hydrogen-bond donors (Lipinski definition) is 2. The van der Waals surface area contributed by atoms with Crippen LogP contribution >= 0.6 is 12.4 Å². The van der Waals surface area contributed by atoms with Gasteiger partial charge >= 0.3 is 0 Å². The minimum absolute atomic E-state index is 0. The number of methoxy groups -OCH3 is 2. The van der Waals surface area contributed by atoms with Crippen molar-refractivity contribution in [1.29, 1.82) is 0 Å². The number of hydrogen-bond acceptors (Lipinski definition) is 6. The molecule has 30 heavy (non-hydrogen) atoms. The van der Waals surface area contributed by atoms with Crippen molar-refractivity contribution < 1.29 is 23.7 Å². The zero-order valence-corrected chi connectivity index (χ0v) is 18.1. The molecule has 3 N–H and O–H groups in total. The molecule has 0 aromatic heterocycles. The van der Waals surface area contributed by atoms with Crippen molar-refractivity contribution in [3.63, 3.8) is 0 Å². The Labute approximate surface area is 183 Å². The Morgan fingerprint density at radius 2 is 1.77 bits per heavy atom. The molecule has 1 saturated heterocycles. The summed E-state index contributed by atoms with van der Waals surface area (Å²) in [6.07, 6.45) is 1.93. The third kappa shape index (κ3) is 5.78. The van der Waals surface area contributed by atoms with E-state index in [1.54, 1.807) is 32.4 Å². The average Bonchev–Trinajstić information content (AvgIpc) is 2.77. The van der Waals surface area contributed by atoms with E-state index in [4.69, 9.17) is 24.7 Å². The summed E-state index contributed by atoms with van der Waals surface area (Å²) in [5.41, 5.74) is 7.12. The third-order valence-electron chi connectivity index (χ3n) is 5.05. The van der Waals surface area contributed by atoms with Crippen LogP contribution in [0.4, 0.5) is 0 Å². The number of ether oxygens (including phenoxy) is 4. The first-order valence-electron chi connectivity index (χ1n) is 9.74. The van der Waals surface area contributed by atoms with Crippen LogP contribution in [0.15, 0.2) is 36.4 Å². The molecule has 0 unspecified atom stereocenters. The molecule has 0 atom stereocenters. The normalized spacial score (nSPS) is 13.8. The summed E-state index contributed by atoms with van der Waals surface area (Å²) in [6.45, 7) is 2.40. The smallest absolute Gasteiger partial charge is 0.251 e. The van der Waals surface area contributed by atoms with Gasteiger partial charge in [0.25, 0.3) is 5.91 Å². The summed E-state index contributed by atoms with van der Waals surface area (Å²) < 4.78 is 22.2. The number of nitrogens with one attached hydrogen (secondary N) is 1. The molecule has 2 aromatic carbocycles. The minimum Gasteiger partial charge on any atom is -0.496 e. The van der Waals surface area contributed by atoms with E-state index in [0.717, 1.165) is 31.6 Å². The summed E-state index contributed by atoms with van der Waals surface area (Å²) in [4.78, 5) is 12.6. The highest BCUT2D eigenvalue weighted by atomic mass is 35.5. The van der Waals surface area contributed by atoms with Crippen molar-refractivity contribution in [2.24, 2.45) is 11.7 Å². The lowest BCUT2D eigenvalue weighted by molar-refractivity contribution is 0.0642. The number of nitrogens with two attached hydrogens (primary N) is 1. The van der Waals surface area contributed by atoms with Gasteiger partial charge in [-0.25, -0.2) is 0 Å². The summed E-state index contributed by atoms with van der Waals surface area (Å²) in [5, 5.41) is 3.01. The predicted molar refractivity (Wildman–Crippen MR) is 117 cm³/mol. The average molecular weight is 437 g/mol. The van der Waals surface area contributed by atoms with Crippen LogP contribution in [0, 0.1) is 5.92 Å². The molecule has 1 aliphatic heterocycles. The monoisotopic (exact) mass is 436 g/mol. The van der Waals surface area contributed by atoms with Crippen LogP contribution < -0.4 is 25.3 Å². The second-order valence-electron chi connectivity index (χ2n) is 6.87. The molecule has 1 amide bonds. The Hall–Kier alpha value is -2.48. The van der Waals surface area contributed by atoms with Crippen molar-refractivity contribution in [1.82, 2.24) is 5.32 Å². The molecule has 2 aromatic rings. The standard InChI is InChI=1S/C22H28N2O5.ClH/c1-26-18-4-3-5-19(17(18)13-23)29-21-12-16(6-7-20(21)27-2)22(25)24-14-15-8-10-28-11-9-15;/h3-7,12,15H,8-11,13-14,23H2,1-2H3,(H,24,25);1H. The highest BCUT2D eigenvalue weighted by Gasteiger charge is 2.18. The lowest BCUT2D eigenvalue weighted by Crippen LogP contribution is -2.32. The topological polar surface area (TPSA) is 92.0 Å². The van der Waals surface area contributed by atoms with E-state index in [1.165, 1.54) is 0 Å². The largest absolute Gasteiger partial charge is 0.496 e. The van der Waals surface area contributed by atoms with Gasteiger partial charge in [0.15, 0.2) is 11.5 Å². The summed E-state index contributed by atoms with van der Waals surface area (Å²) in [6, 6.07) is 10.6. The van der Waals surface area contributed by atoms with Gasteiger partial charge < -0.3 is 30.0 Å². The first-order chi connectivity index (χ1) is 14.2. The van der Waals surface area contributed by atoms with E-state index in [0.29, 0.717) is 41.0 Å². The van der Waals surface area contributed by atoms with Crippen LogP contribution in [0.25, 0.3) is 0 Å². The second-order valence-corrected chi connectivity index (χ2v) is 6.87. The van der Waals surface area contributed by atoms with Gasteiger partial charge in [-0.2, -0.15) is 0 Å². The van der Waals surface area contributed by atoms with Crippen LogP contribution in [0.1, 0.15) is 28.8 Å². The lowest BCUT2D eigenvalue weighted by Gasteiger charge is -2.22. The fourth-order valence-corrected chi connectivity index (χ4v) is 3.34. The quantitative estimate of drug-likeness (QED) is 0.657. The van der Waals surface area contributed by atoms with E-state index in [9.17, 15) is 4.79 Å². The Morgan fingerprint density at radius 3 is 2.43 bits per heavy atom. The van der Waals surface area contributed by atoms with Crippen LogP contribution in [-0.4, -0.2) is 39.9 Å². The van der Waals surface area contributed by atoms with Crippen LogP contribution in [0.2, 0.25) is 0 Å². The van der Waals surface area contributed by atoms with Gasteiger partial charge in [0.2, 0.25) is 0 Å². The molecule has 7 nitrogen and oxygen atoms in total. The number of benzene rings is 2. The number of halogens is 1. The van der Waals surface area contributed by atoms with Gasteiger partial charge in [0.1, 0.15) is 11.5 Å². The van der Waals surface area contributed by atoms with E-state index in [1.807, 2.05) is 18.2 Å². The van der Waals surface area contributed by atoms with Crippen molar-refractivity contribution in [2.45, 2.75) is 19.4 Å². The minimum atomic E-state index is -0.145. The molecule has 0 saturated carbocycles. The zero-order valence-electron chi connectivity index (χ0n) is 17.3. The van der Waals surface area contributed by atoms with Crippen molar-refractivity contribution in [3.8, 4) is 23.0 Å². The van der Waals surface area contributed by atoms with Crippen LogP contribution in [0.3, 0.4) is 0 Å². The van der Waals surface area contributed by atoms with Gasteiger partial charge in [-0.1, -0.05) is 6.07 Å². The third-order valence-corrected chi connectivity index (χ3v) is 5.05. The Bertz CT molecular complexity index is 840. The molecule has 1 fully saturated rings. The van der Waals surface area contributed by atoms with Gasteiger partial charge in [0.05, 0.1) is 19.8 Å². The van der Waals surface area contributed by atoms with Gasteiger partial charge in [-0.3, -0.25) is 4.79 Å². The summed E-state index contributed by atoms with van der Waals surface area (Å²) in [5.74, 6) is 2.48. The molecule has 1 aliphatic rings. The molecule has 8 heteroatoms. The highest BCUT2D eigenvalue weighted by Crippen LogP contribution is 2.36. The number of rotatable bonds is 8.